The molecule has 1 unspecified atom stereocenters. The Hall–Kier alpha value is -5.22. The van der Waals surface area contributed by atoms with Crippen molar-refractivity contribution in [2.75, 3.05) is 18.6 Å². The summed E-state index contributed by atoms with van der Waals surface area (Å²) in [5.41, 5.74) is 2.09. The third kappa shape index (κ3) is 5.47. The number of fused-ring (bicyclic) bond motifs is 1. The molecule has 1 saturated heterocycles. The zero-order chi connectivity index (χ0) is 30.8. The normalized spacial score (nSPS) is 16.0. The van der Waals surface area contributed by atoms with Crippen molar-refractivity contribution < 1.29 is 33.3 Å². The van der Waals surface area contributed by atoms with Gasteiger partial charge in [-0.1, -0.05) is 59.9 Å². The molecule has 8 nitrogen and oxygen atoms in total. The second-order valence-corrected chi connectivity index (χ2v) is 10.9. The number of nitrogens with zero attached hydrogens (tertiary/aromatic N) is 2. The zero-order valence-electron chi connectivity index (χ0n) is 23.8. The van der Waals surface area contributed by atoms with Crippen LogP contribution in [0.25, 0.3) is 16.0 Å². The van der Waals surface area contributed by atoms with Crippen LogP contribution in [0.15, 0.2) is 96.6 Å². The maximum Gasteiger partial charge on any atom is 0.301 e. The Bertz CT molecular complexity index is 1900. The molecule has 0 aliphatic carbocycles. The van der Waals surface area contributed by atoms with Crippen LogP contribution in [0.2, 0.25) is 0 Å². The van der Waals surface area contributed by atoms with Crippen molar-refractivity contribution in [3.63, 3.8) is 0 Å². The van der Waals surface area contributed by atoms with Crippen molar-refractivity contribution in [1.29, 1.82) is 0 Å². The quantitative estimate of drug-likeness (QED) is 0.109. The predicted octanol–water partition coefficient (Wildman–Crippen LogP) is 7.05. The zero-order valence-corrected chi connectivity index (χ0v) is 24.6. The molecule has 6 rings (SSSR count). The van der Waals surface area contributed by atoms with Crippen LogP contribution in [0.4, 0.5) is 9.52 Å². The summed E-state index contributed by atoms with van der Waals surface area (Å²) < 4.78 is 31.8. The third-order valence-corrected chi connectivity index (χ3v) is 8.17. The fraction of sp³-hybridized carbons (Fsp3) is 0.147. The number of Topliss-reactive ketones (excluding diaryl/α,β-unsaturated/α-hetero) is 1. The van der Waals surface area contributed by atoms with Gasteiger partial charge in [-0.05, 0) is 60.5 Å². The number of aliphatic hydroxyl groups excluding tert-OH is 1. The highest BCUT2D eigenvalue weighted by atomic mass is 32.1. The topological polar surface area (TPSA) is 98.2 Å². The largest absolute Gasteiger partial charge is 0.507 e. The number of ketones is 1. The Morgan fingerprint density at radius 1 is 0.955 bits per heavy atom. The van der Waals surface area contributed by atoms with E-state index in [1.54, 1.807) is 42.5 Å². The number of ether oxygens (including phenoxy) is 3. The van der Waals surface area contributed by atoms with Crippen LogP contribution in [-0.2, 0) is 16.2 Å². The van der Waals surface area contributed by atoms with E-state index in [9.17, 15) is 19.1 Å². The molecule has 1 N–H and O–H groups in total. The third-order valence-electron chi connectivity index (χ3n) is 7.15. The first-order valence-corrected chi connectivity index (χ1v) is 14.6. The lowest BCUT2D eigenvalue weighted by atomic mass is 9.95. The van der Waals surface area contributed by atoms with E-state index in [4.69, 9.17) is 14.2 Å². The van der Waals surface area contributed by atoms with Crippen molar-refractivity contribution in [2.45, 2.75) is 19.6 Å². The summed E-state index contributed by atoms with van der Waals surface area (Å²) in [7, 11) is 1.49. The first-order valence-electron chi connectivity index (χ1n) is 13.8. The summed E-state index contributed by atoms with van der Waals surface area (Å²) in [6.45, 7) is 2.54. The number of carbonyl (C=O) groups excluding carboxylic acids is 2. The summed E-state index contributed by atoms with van der Waals surface area (Å²) in [5, 5.41) is 11.8. The van der Waals surface area contributed by atoms with E-state index in [0.717, 1.165) is 16.9 Å². The molecule has 5 aromatic rings. The van der Waals surface area contributed by atoms with Gasteiger partial charge in [0.15, 0.2) is 16.6 Å². The van der Waals surface area contributed by atoms with Crippen LogP contribution in [0.1, 0.15) is 29.7 Å². The van der Waals surface area contributed by atoms with E-state index in [2.05, 4.69) is 4.98 Å². The summed E-state index contributed by atoms with van der Waals surface area (Å²) in [6.07, 6.45) is 0. The summed E-state index contributed by atoms with van der Waals surface area (Å²) >= 11 is 1.07. The second-order valence-electron chi connectivity index (χ2n) is 9.92. The Kier molecular flexibility index (Phi) is 7.99. The monoisotopic (exact) mass is 610 g/mol. The van der Waals surface area contributed by atoms with E-state index in [-0.39, 0.29) is 16.5 Å². The Balaban J connectivity index is 1.48. The molecule has 0 bridgehead atoms. The lowest BCUT2D eigenvalue weighted by Crippen LogP contribution is -2.29. The van der Waals surface area contributed by atoms with Crippen molar-refractivity contribution in [3.05, 3.63) is 119 Å². The number of methoxy groups -OCH3 is 1. The van der Waals surface area contributed by atoms with E-state index >= 15 is 0 Å². The smallest absolute Gasteiger partial charge is 0.301 e. The minimum absolute atomic E-state index is 0.130. The molecule has 4 aromatic carbocycles. The number of aliphatic hydroxyl groups is 1. The van der Waals surface area contributed by atoms with Crippen LogP contribution in [0.5, 0.6) is 17.2 Å². The number of hydrogen-bond donors (Lipinski definition) is 1. The van der Waals surface area contributed by atoms with Gasteiger partial charge in [0.2, 0.25) is 0 Å². The van der Waals surface area contributed by atoms with Crippen LogP contribution >= 0.6 is 11.3 Å². The van der Waals surface area contributed by atoms with Gasteiger partial charge >= 0.3 is 5.91 Å². The number of benzene rings is 4. The van der Waals surface area contributed by atoms with Crippen LogP contribution in [-0.4, -0.2) is 35.5 Å². The average molecular weight is 611 g/mol. The van der Waals surface area contributed by atoms with Crippen LogP contribution < -0.4 is 19.1 Å². The van der Waals surface area contributed by atoms with Crippen molar-refractivity contribution in [2.24, 2.45) is 0 Å². The fourth-order valence-corrected chi connectivity index (χ4v) is 6.12. The number of aromatic nitrogens is 1. The minimum Gasteiger partial charge on any atom is -0.507 e. The van der Waals surface area contributed by atoms with Gasteiger partial charge in [0.05, 0.1) is 35.5 Å². The minimum atomic E-state index is -1.08. The predicted molar refractivity (Wildman–Crippen MR) is 166 cm³/mol. The number of amides is 1. The molecular weight excluding hydrogens is 583 g/mol. The van der Waals surface area contributed by atoms with Crippen LogP contribution in [0, 0.1) is 5.82 Å². The maximum atomic E-state index is 14.0. The van der Waals surface area contributed by atoms with Crippen molar-refractivity contribution in [3.8, 4) is 17.2 Å². The highest BCUT2D eigenvalue weighted by Gasteiger charge is 2.48. The molecule has 10 heteroatoms. The summed E-state index contributed by atoms with van der Waals surface area (Å²) in [4.78, 5) is 33.1. The molecule has 1 aliphatic rings. The van der Waals surface area contributed by atoms with Gasteiger partial charge in [0.25, 0.3) is 5.78 Å². The lowest BCUT2D eigenvalue weighted by Gasteiger charge is -2.24. The van der Waals surface area contributed by atoms with Crippen molar-refractivity contribution >= 4 is 44.1 Å². The van der Waals surface area contributed by atoms with Gasteiger partial charge in [-0.15, -0.1) is 0 Å². The van der Waals surface area contributed by atoms with Crippen LogP contribution in [0.3, 0.4) is 0 Å². The first kappa shape index (κ1) is 28.9. The molecule has 2 heterocycles. The van der Waals surface area contributed by atoms with E-state index in [0.29, 0.717) is 51.8 Å². The molecule has 0 radical (unpaired) electrons. The summed E-state index contributed by atoms with van der Waals surface area (Å²) in [6, 6.07) is 24.4. The Morgan fingerprint density at radius 2 is 1.77 bits per heavy atom. The van der Waals surface area contributed by atoms with Crippen molar-refractivity contribution in [1.82, 2.24) is 4.98 Å². The molecule has 1 amide bonds. The number of rotatable bonds is 9. The number of thiazole rings is 1. The molecule has 1 atom stereocenters. The average Bonchev–Trinajstić information content (AvgIpc) is 3.57. The molecule has 44 heavy (non-hydrogen) atoms. The van der Waals surface area contributed by atoms with Gasteiger partial charge in [-0.2, -0.15) is 0 Å². The highest BCUT2D eigenvalue weighted by molar-refractivity contribution is 7.22. The van der Waals surface area contributed by atoms with Gasteiger partial charge in [-0.25, -0.2) is 9.37 Å². The van der Waals surface area contributed by atoms with Gasteiger partial charge in [0.1, 0.15) is 23.9 Å². The molecule has 0 saturated carbocycles. The Labute approximate surface area is 256 Å². The number of halogens is 1. The van der Waals surface area contributed by atoms with E-state index < -0.39 is 23.5 Å². The first-order chi connectivity index (χ1) is 21.4. The molecule has 1 fully saturated rings. The number of hydrogen-bond acceptors (Lipinski definition) is 8. The molecule has 1 aliphatic heterocycles. The molecular formula is C34H27FN2O6S. The standard InChI is InChI=1S/C34H27FN2O6S/c1-3-42-24-11-7-10-22(16-24)31(38)29-30(21-12-15-26(27(17-21)41-2)43-19-20-8-5-4-6-9-20)37(33(40)32(29)39)34-36-25-14-13-23(35)18-28(25)44-34/h4-18,30,38H,3,19H2,1-2H3/b31-29+. The molecule has 1 aromatic heterocycles. The Morgan fingerprint density at radius 3 is 2.55 bits per heavy atom. The lowest BCUT2D eigenvalue weighted by molar-refractivity contribution is -0.132. The van der Waals surface area contributed by atoms with Gasteiger partial charge in [0, 0.05) is 5.56 Å². The fourth-order valence-electron chi connectivity index (χ4n) is 5.10. The van der Waals surface area contributed by atoms with E-state index in [1.165, 1.54) is 30.2 Å². The SMILES string of the molecule is CCOc1cccc(/C(O)=C2\C(=O)C(=O)N(c3nc4ccc(F)cc4s3)C2c2ccc(OCc3ccccc3)c(OC)c2)c1. The number of carbonyl (C=O) groups is 2. The molecule has 222 valence electrons. The molecule has 0 spiro atoms. The van der Waals surface area contributed by atoms with E-state index in [1.807, 2.05) is 37.3 Å². The highest BCUT2D eigenvalue weighted by Crippen LogP contribution is 2.46. The number of anilines is 1. The van der Waals surface area contributed by atoms with Gasteiger partial charge in [-0.3, -0.25) is 14.5 Å². The maximum absolute atomic E-state index is 14.0. The van der Waals surface area contributed by atoms with Gasteiger partial charge < -0.3 is 19.3 Å². The second kappa shape index (κ2) is 12.2. The summed E-state index contributed by atoms with van der Waals surface area (Å²) in [5.74, 6) is -1.25.